The summed E-state index contributed by atoms with van der Waals surface area (Å²) in [5.74, 6) is -1.40. The number of unbranched alkanes of at least 4 members (excludes halogenated alkanes) is 16. The Labute approximate surface area is 246 Å². The third-order valence-corrected chi connectivity index (χ3v) is 7.82. The van der Waals surface area contributed by atoms with E-state index in [0.29, 0.717) is 12.8 Å². The fourth-order valence-electron chi connectivity index (χ4n) is 4.15. The summed E-state index contributed by atoms with van der Waals surface area (Å²) < 4.78 is 31.7. The van der Waals surface area contributed by atoms with Crippen molar-refractivity contribution >= 4 is 16.1 Å². The van der Waals surface area contributed by atoms with Crippen LogP contribution in [0, 0.1) is 0 Å². The standard InChI is InChI=1S/C24H48O5S.2Na.2H/c1-3-5-7-9-11-13-14-16-18-20-22-24(23(25)26,30(27,28)29)21-19-17-15-12-10-8-6-4-2;;;;/h3-22H2,1-2H3,(H,25,26)(H,27,28,29);;;;/q;2*+1;2*-1. The Morgan fingerprint density at radius 1 is 0.625 bits per heavy atom. The van der Waals surface area contributed by atoms with E-state index in [9.17, 15) is 22.9 Å². The van der Waals surface area contributed by atoms with E-state index in [1.54, 1.807) is 0 Å². The Bertz CT molecular complexity index is 539. The number of carbonyl (C=O) groups is 1. The van der Waals surface area contributed by atoms with Gasteiger partial charge in [0.1, 0.15) is 0 Å². The maximum absolute atomic E-state index is 12.0. The van der Waals surface area contributed by atoms with Gasteiger partial charge in [-0.05, 0) is 12.8 Å². The second-order valence-electron chi connectivity index (χ2n) is 8.93. The molecular formula is C24H50Na2O5S. The van der Waals surface area contributed by atoms with Crippen molar-refractivity contribution in [3.05, 3.63) is 0 Å². The van der Waals surface area contributed by atoms with Crippen LogP contribution in [0.1, 0.15) is 145 Å². The minimum Gasteiger partial charge on any atom is -1.00 e. The zero-order valence-electron chi connectivity index (χ0n) is 23.7. The molecule has 5 nitrogen and oxygen atoms in total. The normalized spacial score (nSPS) is 13.1. The van der Waals surface area contributed by atoms with Crippen LogP contribution in [0.2, 0.25) is 0 Å². The van der Waals surface area contributed by atoms with Gasteiger partial charge in [-0.25, -0.2) is 0 Å². The Balaban J connectivity index is -0.000000701. The Morgan fingerprint density at radius 2 is 0.875 bits per heavy atom. The summed E-state index contributed by atoms with van der Waals surface area (Å²) in [6.07, 6.45) is 19.3. The van der Waals surface area contributed by atoms with Crippen LogP contribution in [0.3, 0.4) is 0 Å². The van der Waals surface area contributed by atoms with Crippen molar-refractivity contribution in [3.63, 3.8) is 0 Å². The monoisotopic (exact) mass is 496 g/mol. The molecule has 0 spiro atoms. The molecule has 0 saturated heterocycles. The van der Waals surface area contributed by atoms with Gasteiger partial charge < -0.3 is 7.96 Å². The molecule has 0 heterocycles. The maximum atomic E-state index is 12.0. The molecule has 0 rings (SSSR count). The van der Waals surface area contributed by atoms with Gasteiger partial charge in [-0.15, -0.1) is 0 Å². The molecule has 0 amide bonds. The molecule has 0 fully saturated rings. The van der Waals surface area contributed by atoms with Crippen LogP contribution in [-0.2, 0) is 14.9 Å². The van der Waals surface area contributed by atoms with Crippen LogP contribution in [0.25, 0.3) is 0 Å². The van der Waals surface area contributed by atoms with Crippen molar-refractivity contribution < 1.29 is 84.8 Å². The summed E-state index contributed by atoms with van der Waals surface area (Å²) in [4.78, 5) is 11.9. The number of hydrogen-bond acceptors (Lipinski definition) is 3. The quantitative estimate of drug-likeness (QED) is 0.135. The molecule has 0 aliphatic rings. The van der Waals surface area contributed by atoms with Gasteiger partial charge in [0.05, 0.1) is 0 Å². The Hall–Kier alpha value is 1.38. The summed E-state index contributed by atoms with van der Waals surface area (Å²) >= 11 is 0. The number of hydrogen-bond donors (Lipinski definition) is 2. The van der Waals surface area contributed by atoms with Crippen LogP contribution in [-0.4, -0.2) is 28.8 Å². The van der Waals surface area contributed by atoms with Gasteiger partial charge in [-0.1, -0.05) is 129 Å². The van der Waals surface area contributed by atoms with Gasteiger partial charge in [-0.2, -0.15) is 8.42 Å². The van der Waals surface area contributed by atoms with E-state index in [1.165, 1.54) is 64.2 Å². The molecular weight excluding hydrogens is 446 g/mol. The van der Waals surface area contributed by atoms with Crippen molar-refractivity contribution in [1.82, 2.24) is 0 Å². The summed E-state index contributed by atoms with van der Waals surface area (Å²) in [6, 6.07) is 0. The van der Waals surface area contributed by atoms with Crippen LogP contribution in [0.15, 0.2) is 0 Å². The van der Waals surface area contributed by atoms with E-state index in [1.807, 2.05) is 0 Å². The summed E-state index contributed by atoms with van der Waals surface area (Å²) in [6.45, 7) is 4.38. The van der Waals surface area contributed by atoms with Crippen molar-refractivity contribution in [2.75, 3.05) is 0 Å². The molecule has 0 aromatic carbocycles. The van der Waals surface area contributed by atoms with Crippen LogP contribution in [0.4, 0.5) is 0 Å². The summed E-state index contributed by atoms with van der Waals surface area (Å²) in [7, 11) is -4.64. The first-order valence-corrected chi connectivity index (χ1v) is 14.0. The first-order chi connectivity index (χ1) is 14.3. The van der Waals surface area contributed by atoms with E-state index in [2.05, 4.69) is 13.8 Å². The van der Waals surface area contributed by atoms with Crippen molar-refractivity contribution in [1.29, 1.82) is 0 Å². The predicted octanol–water partition coefficient (Wildman–Crippen LogP) is 1.77. The van der Waals surface area contributed by atoms with Crippen LogP contribution in [0.5, 0.6) is 0 Å². The van der Waals surface area contributed by atoms with Gasteiger partial charge in [0, 0.05) is 0 Å². The zero-order valence-corrected chi connectivity index (χ0v) is 26.5. The molecule has 184 valence electrons. The number of carboxylic acid groups (broad SMARTS) is 1. The molecule has 32 heavy (non-hydrogen) atoms. The number of carboxylic acids is 1. The van der Waals surface area contributed by atoms with E-state index in [-0.39, 0.29) is 74.8 Å². The number of aliphatic carboxylic acids is 1. The van der Waals surface area contributed by atoms with Gasteiger partial charge in [0.15, 0.2) is 4.75 Å². The summed E-state index contributed by atoms with van der Waals surface area (Å²) in [5.41, 5.74) is 0. The third kappa shape index (κ3) is 17.8. The minimum atomic E-state index is -4.64. The van der Waals surface area contributed by atoms with Gasteiger partial charge in [-0.3, -0.25) is 9.35 Å². The smallest absolute Gasteiger partial charge is 1.00 e. The Kier molecular flexibility index (Phi) is 28.5. The van der Waals surface area contributed by atoms with E-state index < -0.39 is 20.8 Å². The molecule has 1 unspecified atom stereocenters. The van der Waals surface area contributed by atoms with Crippen LogP contribution >= 0.6 is 0 Å². The van der Waals surface area contributed by atoms with Gasteiger partial charge in [0.2, 0.25) is 0 Å². The zero-order chi connectivity index (χ0) is 22.7. The topological polar surface area (TPSA) is 91.7 Å². The second kappa shape index (κ2) is 24.1. The molecule has 0 aromatic heterocycles. The van der Waals surface area contributed by atoms with Gasteiger partial charge >= 0.3 is 65.1 Å². The number of rotatable bonds is 22. The van der Waals surface area contributed by atoms with Crippen molar-refractivity contribution in [3.8, 4) is 0 Å². The molecule has 0 radical (unpaired) electrons. The van der Waals surface area contributed by atoms with Crippen LogP contribution < -0.4 is 59.1 Å². The molecule has 0 aliphatic heterocycles. The molecule has 8 heteroatoms. The average molecular weight is 497 g/mol. The molecule has 1 atom stereocenters. The maximum Gasteiger partial charge on any atom is 1.00 e. The Morgan fingerprint density at radius 3 is 1.09 bits per heavy atom. The van der Waals surface area contributed by atoms with Crippen molar-refractivity contribution in [2.24, 2.45) is 0 Å². The fraction of sp³-hybridized carbons (Fsp3) is 0.958. The molecule has 0 saturated carbocycles. The molecule has 0 bridgehead atoms. The average Bonchev–Trinajstić information content (AvgIpc) is 2.68. The minimum absolute atomic E-state index is 0. The molecule has 2 N–H and O–H groups in total. The fourth-order valence-corrected chi connectivity index (χ4v) is 5.17. The molecule has 0 aromatic rings. The SMILES string of the molecule is CCCCCCCCCCCCC(CCCCCCCCCC)(C(=O)O)S(=O)(=O)O.[H-].[H-].[Na+].[Na+]. The third-order valence-electron chi connectivity index (χ3n) is 6.25. The second-order valence-corrected chi connectivity index (χ2v) is 10.7. The predicted molar refractivity (Wildman–Crippen MR) is 128 cm³/mol. The molecule has 0 aliphatic carbocycles. The van der Waals surface area contributed by atoms with E-state index >= 15 is 0 Å². The van der Waals surface area contributed by atoms with E-state index in [4.69, 9.17) is 0 Å². The summed E-state index contributed by atoms with van der Waals surface area (Å²) in [5, 5.41) is 9.66. The van der Waals surface area contributed by atoms with E-state index in [0.717, 1.165) is 38.5 Å². The first-order valence-electron chi connectivity index (χ1n) is 12.5. The first kappa shape index (κ1) is 37.9. The van der Waals surface area contributed by atoms with Crippen molar-refractivity contribution in [2.45, 2.75) is 147 Å². The largest absolute Gasteiger partial charge is 1.00 e. The van der Waals surface area contributed by atoms with Gasteiger partial charge in [0.25, 0.3) is 10.1 Å².